The molecule has 0 aromatic carbocycles. The van der Waals surface area contributed by atoms with E-state index in [2.05, 4.69) is 31.9 Å². The summed E-state index contributed by atoms with van der Waals surface area (Å²) in [5.41, 5.74) is 0. The van der Waals surface area contributed by atoms with Gasteiger partial charge in [-0.1, -0.05) is 6.58 Å². The molecular weight excluding hydrogens is 150 g/mol. The van der Waals surface area contributed by atoms with Gasteiger partial charge in [-0.2, -0.15) is 0 Å². The molecule has 0 bridgehead atoms. The third kappa shape index (κ3) is 4.72. The van der Waals surface area contributed by atoms with Crippen molar-refractivity contribution in [2.75, 3.05) is 6.54 Å². The van der Waals surface area contributed by atoms with Gasteiger partial charge in [0.2, 0.25) is 0 Å². The lowest BCUT2D eigenvalue weighted by Crippen LogP contribution is -2.20. The highest BCUT2D eigenvalue weighted by molar-refractivity contribution is 5.65. The molecule has 0 rings (SSSR count). The van der Waals surface area contributed by atoms with Crippen LogP contribution in [0.5, 0.6) is 0 Å². The monoisotopic (exact) mass is 168 g/mol. The van der Waals surface area contributed by atoms with Gasteiger partial charge in [0.25, 0.3) is 0 Å². The summed E-state index contributed by atoms with van der Waals surface area (Å²) in [5, 5.41) is 0. The third-order valence-corrected chi connectivity index (χ3v) is 1.56. The van der Waals surface area contributed by atoms with Crippen LogP contribution in [0.4, 0.5) is 0 Å². The molecule has 0 aliphatic carbocycles. The molecule has 68 valence electrons. The summed E-state index contributed by atoms with van der Waals surface area (Å²) in [7, 11) is 0. The molecule has 0 saturated heterocycles. The predicted molar refractivity (Wildman–Crippen MR) is 52.4 cm³/mol. The molecule has 0 spiro atoms. The van der Waals surface area contributed by atoms with Gasteiger partial charge in [-0.25, -0.2) is 4.58 Å². The Bertz CT molecular complexity index is 180. The Balaban J connectivity index is 4.01. The predicted octanol–water partition coefficient (Wildman–Crippen LogP) is 2.17. The largest absolute Gasteiger partial charge is 0.473 e. The van der Waals surface area contributed by atoms with E-state index in [0.717, 1.165) is 6.54 Å². The van der Waals surface area contributed by atoms with Crippen LogP contribution in [0.15, 0.2) is 25.2 Å². The first-order chi connectivity index (χ1) is 5.72. The molecular formula is C10H18NO+. The first-order valence-corrected chi connectivity index (χ1v) is 4.24. The second-order valence-electron chi connectivity index (χ2n) is 2.70. The van der Waals surface area contributed by atoms with Crippen LogP contribution in [0, 0.1) is 0 Å². The van der Waals surface area contributed by atoms with Crippen molar-refractivity contribution in [3.8, 4) is 0 Å². The zero-order valence-electron chi connectivity index (χ0n) is 8.16. The van der Waals surface area contributed by atoms with Crippen molar-refractivity contribution in [1.29, 1.82) is 0 Å². The number of allylic oxidation sites excluding steroid dienone is 1. The average molecular weight is 168 g/mol. The molecule has 0 aromatic rings. The van der Waals surface area contributed by atoms with Gasteiger partial charge in [0, 0.05) is 6.08 Å². The Labute approximate surface area is 74.9 Å². The maximum atomic E-state index is 4.83. The number of ether oxygens (including phenoxy) is 1. The molecule has 12 heavy (non-hydrogen) atoms. The zero-order chi connectivity index (χ0) is 9.40. The van der Waals surface area contributed by atoms with Gasteiger partial charge in [0.15, 0.2) is 6.21 Å². The van der Waals surface area contributed by atoms with Crippen molar-refractivity contribution < 1.29 is 9.31 Å². The van der Waals surface area contributed by atoms with Crippen LogP contribution in [0.3, 0.4) is 0 Å². The lowest BCUT2D eigenvalue weighted by molar-refractivity contribution is -0.550. The summed E-state index contributed by atoms with van der Waals surface area (Å²) in [5.74, 6) is 0. The Kier molecular flexibility index (Phi) is 6.07. The Morgan fingerprint density at radius 1 is 1.50 bits per heavy atom. The molecule has 2 nitrogen and oxygen atoms in total. The SMILES string of the molecule is C=CO/C=C/C=[N+](CC)C(C)C. The van der Waals surface area contributed by atoms with Crippen molar-refractivity contribution in [2.24, 2.45) is 0 Å². The summed E-state index contributed by atoms with van der Waals surface area (Å²) < 4.78 is 7.04. The second kappa shape index (κ2) is 6.65. The maximum absolute atomic E-state index is 4.83. The van der Waals surface area contributed by atoms with E-state index in [1.807, 2.05) is 12.3 Å². The fourth-order valence-electron chi connectivity index (χ4n) is 0.889. The highest BCUT2D eigenvalue weighted by Gasteiger charge is 2.02. The van der Waals surface area contributed by atoms with Crippen LogP contribution in [-0.4, -0.2) is 23.4 Å². The van der Waals surface area contributed by atoms with Crippen molar-refractivity contribution in [2.45, 2.75) is 26.8 Å². The summed E-state index contributed by atoms with van der Waals surface area (Å²) in [4.78, 5) is 0. The van der Waals surface area contributed by atoms with Gasteiger partial charge in [0.05, 0.1) is 12.5 Å². The molecule has 0 aliphatic rings. The lowest BCUT2D eigenvalue weighted by Gasteiger charge is -2.01. The number of hydrogen-bond donors (Lipinski definition) is 0. The molecule has 0 unspecified atom stereocenters. The van der Waals surface area contributed by atoms with Gasteiger partial charge in [-0.15, -0.1) is 0 Å². The number of hydrogen-bond acceptors (Lipinski definition) is 1. The molecule has 0 N–H and O–H groups in total. The first kappa shape index (κ1) is 11.0. The molecule has 0 atom stereocenters. The topological polar surface area (TPSA) is 12.2 Å². The fraction of sp³-hybridized carbons (Fsp3) is 0.500. The zero-order valence-corrected chi connectivity index (χ0v) is 8.16. The van der Waals surface area contributed by atoms with Crippen LogP contribution in [0.1, 0.15) is 20.8 Å². The normalized spacial score (nSPS) is 12.5. The Morgan fingerprint density at radius 3 is 2.58 bits per heavy atom. The molecule has 0 radical (unpaired) electrons. The highest BCUT2D eigenvalue weighted by Crippen LogP contribution is 1.86. The third-order valence-electron chi connectivity index (χ3n) is 1.56. The minimum Gasteiger partial charge on any atom is -0.473 e. The van der Waals surface area contributed by atoms with E-state index < -0.39 is 0 Å². The molecule has 0 heterocycles. The maximum Gasteiger partial charge on any atom is 0.166 e. The Hall–Kier alpha value is -1.05. The minimum atomic E-state index is 0.531. The smallest absolute Gasteiger partial charge is 0.166 e. The highest BCUT2D eigenvalue weighted by atomic mass is 16.5. The standard InChI is InChI=1S/C10H18NO/c1-5-11(10(3)4)8-7-9-12-6-2/h6-10H,2,5H2,1,3-4H3/q+1/b9-7+,11-8?. The molecule has 0 aliphatic heterocycles. The van der Waals surface area contributed by atoms with Gasteiger partial charge in [-0.3, -0.25) is 0 Å². The van der Waals surface area contributed by atoms with Crippen molar-refractivity contribution in [1.82, 2.24) is 0 Å². The second-order valence-corrected chi connectivity index (χ2v) is 2.70. The van der Waals surface area contributed by atoms with E-state index in [9.17, 15) is 0 Å². The van der Waals surface area contributed by atoms with Gasteiger partial charge in [0.1, 0.15) is 12.6 Å². The summed E-state index contributed by atoms with van der Waals surface area (Å²) in [6, 6.07) is 0.531. The quantitative estimate of drug-likeness (QED) is 0.348. The average Bonchev–Trinajstić information content (AvgIpc) is 2.04. The van der Waals surface area contributed by atoms with E-state index in [4.69, 9.17) is 4.74 Å². The summed E-state index contributed by atoms with van der Waals surface area (Å²) in [6.45, 7) is 10.9. The summed E-state index contributed by atoms with van der Waals surface area (Å²) >= 11 is 0. The van der Waals surface area contributed by atoms with E-state index in [0.29, 0.717) is 6.04 Å². The van der Waals surface area contributed by atoms with E-state index in [1.54, 1.807) is 6.26 Å². The van der Waals surface area contributed by atoms with Crippen LogP contribution in [-0.2, 0) is 4.74 Å². The minimum absolute atomic E-state index is 0.531. The van der Waals surface area contributed by atoms with Gasteiger partial charge in [-0.05, 0) is 20.8 Å². The molecule has 2 heteroatoms. The van der Waals surface area contributed by atoms with E-state index >= 15 is 0 Å². The fourth-order valence-corrected chi connectivity index (χ4v) is 0.889. The first-order valence-electron chi connectivity index (χ1n) is 4.24. The van der Waals surface area contributed by atoms with Crippen molar-refractivity contribution in [3.63, 3.8) is 0 Å². The van der Waals surface area contributed by atoms with Gasteiger partial charge < -0.3 is 4.74 Å². The van der Waals surface area contributed by atoms with Crippen LogP contribution >= 0.6 is 0 Å². The van der Waals surface area contributed by atoms with Crippen molar-refractivity contribution in [3.05, 3.63) is 25.2 Å². The van der Waals surface area contributed by atoms with Crippen LogP contribution < -0.4 is 0 Å². The number of rotatable bonds is 5. The van der Waals surface area contributed by atoms with Crippen molar-refractivity contribution >= 4 is 6.21 Å². The van der Waals surface area contributed by atoms with Crippen LogP contribution in [0.2, 0.25) is 0 Å². The van der Waals surface area contributed by atoms with E-state index in [1.165, 1.54) is 6.26 Å². The summed E-state index contributed by atoms with van der Waals surface area (Å²) in [6.07, 6.45) is 6.88. The Morgan fingerprint density at radius 2 is 2.17 bits per heavy atom. The van der Waals surface area contributed by atoms with Gasteiger partial charge >= 0.3 is 0 Å². The molecule has 0 fully saturated rings. The van der Waals surface area contributed by atoms with E-state index in [-0.39, 0.29) is 0 Å². The molecule has 0 aromatic heterocycles. The molecule has 0 saturated carbocycles. The number of nitrogens with zero attached hydrogens (tertiary/aromatic N) is 1. The lowest BCUT2D eigenvalue weighted by atomic mass is 10.3. The molecule has 0 amide bonds. The van der Waals surface area contributed by atoms with Crippen LogP contribution in [0.25, 0.3) is 0 Å².